The van der Waals surface area contributed by atoms with E-state index in [9.17, 15) is 0 Å². The largest absolute Gasteiger partial charge is 0.356 e. The third kappa shape index (κ3) is 3.49. The van der Waals surface area contributed by atoms with E-state index in [1.54, 1.807) is 0 Å². The van der Waals surface area contributed by atoms with Crippen molar-refractivity contribution in [3.05, 3.63) is 54.0 Å². The van der Waals surface area contributed by atoms with Crippen LogP contribution >= 0.6 is 0 Å². The lowest BCUT2D eigenvalue weighted by atomic mass is 9.83. The van der Waals surface area contributed by atoms with E-state index in [2.05, 4.69) is 56.2 Å². The lowest BCUT2D eigenvalue weighted by Crippen LogP contribution is -2.53. The van der Waals surface area contributed by atoms with Gasteiger partial charge in [0.1, 0.15) is 23.9 Å². The Morgan fingerprint density at radius 1 is 1.12 bits per heavy atom. The molecule has 2 saturated heterocycles. The highest BCUT2D eigenvalue weighted by molar-refractivity contribution is 5.42. The molecule has 5 heteroatoms. The molecule has 2 aliphatic rings. The maximum atomic E-state index is 9.06. The van der Waals surface area contributed by atoms with E-state index in [1.165, 1.54) is 31.3 Å². The van der Waals surface area contributed by atoms with Gasteiger partial charge in [0.15, 0.2) is 0 Å². The monoisotopic (exact) mass is 333 g/mol. The highest BCUT2D eigenvalue weighted by Crippen LogP contribution is 2.33. The first kappa shape index (κ1) is 16.0. The van der Waals surface area contributed by atoms with Gasteiger partial charge in [-0.25, -0.2) is 9.97 Å². The molecule has 0 unspecified atom stereocenters. The lowest BCUT2D eigenvalue weighted by Gasteiger charge is -2.47. The van der Waals surface area contributed by atoms with E-state index in [4.69, 9.17) is 5.26 Å². The van der Waals surface area contributed by atoms with Gasteiger partial charge < -0.3 is 4.90 Å². The van der Waals surface area contributed by atoms with E-state index in [1.807, 2.05) is 6.07 Å². The molecule has 4 rings (SSSR count). The van der Waals surface area contributed by atoms with Crippen LogP contribution in [-0.4, -0.2) is 40.5 Å². The number of anilines is 1. The zero-order valence-electron chi connectivity index (χ0n) is 14.4. The Balaban J connectivity index is 1.46. The molecular weight excluding hydrogens is 310 g/mol. The van der Waals surface area contributed by atoms with Crippen molar-refractivity contribution in [3.63, 3.8) is 0 Å². The summed E-state index contributed by atoms with van der Waals surface area (Å²) in [6.45, 7) is 4.27. The lowest BCUT2D eigenvalue weighted by molar-refractivity contribution is 0.0700. The highest BCUT2D eigenvalue weighted by Gasteiger charge is 2.36. The molecule has 2 aromatic rings. The zero-order chi connectivity index (χ0) is 17.1. The quantitative estimate of drug-likeness (QED) is 0.864. The predicted octanol–water partition coefficient (Wildman–Crippen LogP) is 2.84. The molecule has 5 nitrogen and oxygen atoms in total. The molecule has 0 saturated carbocycles. The van der Waals surface area contributed by atoms with Crippen LogP contribution in [0.1, 0.15) is 30.5 Å². The number of fused-ring (bicyclic) bond motifs is 1. The molecular formula is C20H23N5. The topological polar surface area (TPSA) is 56.1 Å². The summed E-state index contributed by atoms with van der Waals surface area (Å²) in [4.78, 5) is 13.4. The van der Waals surface area contributed by atoms with Crippen LogP contribution in [0.15, 0.2) is 42.7 Å². The van der Waals surface area contributed by atoms with Gasteiger partial charge in [0.25, 0.3) is 0 Å². The molecule has 0 radical (unpaired) electrons. The van der Waals surface area contributed by atoms with Crippen molar-refractivity contribution in [1.29, 1.82) is 5.26 Å². The van der Waals surface area contributed by atoms with E-state index >= 15 is 0 Å². The van der Waals surface area contributed by atoms with Crippen molar-refractivity contribution in [2.24, 2.45) is 5.92 Å². The Bertz CT molecular complexity index is 754. The summed E-state index contributed by atoms with van der Waals surface area (Å²) in [7, 11) is 0. The van der Waals surface area contributed by atoms with Crippen LogP contribution in [0.4, 0.5) is 5.82 Å². The average Bonchev–Trinajstić information content (AvgIpc) is 2.69. The molecule has 1 aromatic heterocycles. The Morgan fingerprint density at radius 3 is 2.84 bits per heavy atom. The third-order valence-electron chi connectivity index (χ3n) is 5.50. The van der Waals surface area contributed by atoms with Crippen LogP contribution in [0.25, 0.3) is 0 Å². The van der Waals surface area contributed by atoms with Gasteiger partial charge in [-0.1, -0.05) is 30.3 Å². The second-order valence-corrected chi connectivity index (χ2v) is 7.03. The average molecular weight is 333 g/mol. The molecule has 25 heavy (non-hydrogen) atoms. The van der Waals surface area contributed by atoms with Gasteiger partial charge in [-0.3, -0.25) is 4.90 Å². The number of hydrogen-bond acceptors (Lipinski definition) is 5. The zero-order valence-corrected chi connectivity index (χ0v) is 14.4. The van der Waals surface area contributed by atoms with Gasteiger partial charge >= 0.3 is 0 Å². The molecule has 0 amide bonds. The number of nitriles is 1. The van der Waals surface area contributed by atoms with Gasteiger partial charge in [-0.05, 0) is 37.3 Å². The molecule has 128 valence electrons. The van der Waals surface area contributed by atoms with Crippen LogP contribution in [-0.2, 0) is 6.54 Å². The molecule has 0 bridgehead atoms. The highest BCUT2D eigenvalue weighted by atomic mass is 15.2. The van der Waals surface area contributed by atoms with Crippen LogP contribution < -0.4 is 4.90 Å². The second kappa shape index (κ2) is 7.20. The number of rotatable bonds is 3. The molecule has 0 N–H and O–H groups in total. The fourth-order valence-electron chi connectivity index (χ4n) is 4.31. The van der Waals surface area contributed by atoms with Gasteiger partial charge in [0.05, 0.1) is 0 Å². The minimum atomic E-state index is 0.446. The summed E-state index contributed by atoms with van der Waals surface area (Å²) in [5.41, 5.74) is 1.85. The SMILES string of the molecule is N#Cc1cc(N2CC[C@@H]3[C@@H](CCCN3Cc3ccccc3)C2)ncn1. The molecule has 2 fully saturated rings. The van der Waals surface area contributed by atoms with Crippen molar-refractivity contribution in [2.75, 3.05) is 24.5 Å². The minimum Gasteiger partial charge on any atom is -0.356 e. The predicted molar refractivity (Wildman–Crippen MR) is 96.9 cm³/mol. The Morgan fingerprint density at radius 2 is 2.00 bits per heavy atom. The Labute approximate surface area is 148 Å². The summed E-state index contributed by atoms with van der Waals surface area (Å²) in [6, 6.07) is 15.4. The van der Waals surface area contributed by atoms with Gasteiger partial charge in [0, 0.05) is 31.7 Å². The van der Waals surface area contributed by atoms with E-state index < -0.39 is 0 Å². The first-order valence-corrected chi connectivity index (χ1v) is 9.08. The molecule has 3 heterocycles. The van der Waals surface area contributed by atoms with Crippen molar-refractivity contribution in [2.45, 2.75) is 31.8 Å². The molecule has 2 atom stereocenters. The number of hydrogen-bond donors (Lipinski definition) is 0. The summed E-state index contributed by atoms with van der Waals surface area (Å²) in [5, 5.41) is 9.06. The van der Waals surface area contributed by atoms with Crippen LogP contribution in [0, 0.1) is 17.2 Å². The standard InChI is InChI=1S/C20H23N5/c21-12-18-11-20(23-15-22-18)25-10-8-19-17(14-25)7-4-9-24(19)13-16-5-2-1-3-6-16/h1-3,5-6,11,15,17,19H,4,7-10,13-14H2/t17-,19+/m0/s1. The molecule has 0 aliphatic carbocycles. The van der Waals surface area contributed by atoms with E-state index in [0.29, 0.717) is 17.7 Å². The summed E-state index contributed by atoms with van der Waals surface area (Å²) in [6.07, 6.45) is 5.20. The van der Waals surface area contributed by atoms with Gasteiger partial charge in [-0.2, -0.15) is 5.26 Å². The smallest absolute Gasteiger partial charge is 0.145 e. The minimum absolute atomic E-state index is 0.446. The van der Waals surface area contributed by atoms with Crippen molar-refractivity contribution in [3.8, 4) is 6.07 Å². The normalized spacial score (nSPS) is 23.7. The fraction of sp³-hybridized carbons (Fsp3) is 0.450. The van der Waals surface area contributed by atoms with Gasteiger partial charge in [-0.15, -0.1) is 0 Å². The van der Waals surface area contributed by atoms with Crippen LogP contribution in [0.3, 0.4) is 0 Å². The first-order valence-electron chi connectivity index (χ1n) is 9.08. The number of likely N-dealkylation sites (tertiary alicyclic amines) is 1. The summed E-state index contributed by atoms with van der Waals surface area (Å²) < 4.78 is 0. The van der Waals surface area contributed by atoms with E-state index in [-0.39, 0.29) is 0 Å². The summed E-state index contributed by atoms with van der Waals surface area (Å²) >= 11 is 0. The molecule has 2 aliphatic heterocycles. The maximum Gasteiger partial charge on any atom is 0.145 e. The van der Waals surface area contributed by atoms with E-state index in [0.717, 1.165) is 31.9 Å². The molecule has 0 spiro atoms. The Kier molecular flexibility index (Phi) is 4.62. The number of nitrogens with zero attached hydrogens (tertiary/aromatic N) is 5. The third-order valence-corrected chi connectivity index (χ3v) is 5.50. The number of aromatic nitrogens is 2. The van der Waals surface area contributed by atoms with Crippen LogP contribution in [0.5, 0.6) is 0 Å². The molecule has 1 aromatic carbocycles. The first-order chi connectivity index (χ1) is 12.3. The second-order valence-electron chi connectivity index (χ2n) is 7.03. The number of piperidine rings is 2. The van der Waals surface area contributed by atoms with Crippen molar-refractivity contribution in [1.82, 2.24) is 14.9 Å². The van der Waals surface area contributed by atoms with Crippen molar-refractivity contribution < 1.29 is 0 Å². The Hall–Kier alpha value is -2.45. The van der Waals surface area contributed by atoms with Crippen molar-refractivity contribution >= 4 is 5.82 Å². The maximum absolute atomic E-state index is 9.06. The number of benzene rings is 1. The van der Waals surface area contributed by atoms with Crippen LogP contribution in [0.2, 0.25) is 0 Å². The fourth-order valence-corrected chi connectivity index (χ4v) is 4.31. The van der Waals surface area contributed by atoms with Gasteiger partial charge in [0.2, 0.25) is 0 Å². The summed E-state index contributed by atoms with van der Waals surface area (Å²) in [5.74, 6) is 1.57.